The highest BCUT2D eigenvalue weighted by atomic mass is 19.4. The largest absolute Gasteiger partial charge is 0.478 e. The van der Waals surface area contributed by atoms with Crippen LogP contribution in [0.3, 0.4) is 0 Å². The summed E-state index contributed by atoms with van der Waals surface area (Å²) in [5.41, 5.74) is -1.11. The molecule has 1 rings (SSSR count). The van der Waals surface area contributed by atoms with Gasteiger partial charge in [-0.2, -0.15) is 13.2 Å². The molecular weight excluding hydrogens is 285 g/mol. The molecule has 7 heteroatoms. The fraction of sp³-hybridized carbons (Fsp3) is 0.500. The summed E-state index contributed by atoms with van der Waals surface area (Å²) in [6, 6.07) is 2.71. The number of hydrogen-bond acceptors (Lipinski definition) is 3. The number of carbonyl (C=O) groups is 1. The van der Waals surface area contributed by atoms with Gasteiger partial charge in [-0.05, 0) is 51.7 Å². The van der Waals surface area contributed by atoms with Crippen molar-refractivity contribution < 1.29 is 23.1 Å². The predicted octanol–water partition coefficient (Wildman–Crippen LogP) is 3.16. The van der Waals surface area contributed by atoms with Crippen molar-refractivity contribution >= 4 is 11.7 Å². The van der Waals surface area contributed by atoms with Crippen molar-refractivity contribution in [3.8, 4) is 0 Å². The van der Waals surface area contributed by atoms with Crippen LogP contribution in [0, 0.1) is 0 Å². The van der Waals surface area contributed by atoms with Crippen molar-refractivity contribution in [3.63, 3.8) is 0 Å². The van der Waals surface area contributed by atoms with E-state index in [0.717, 1.165) is 31.5 Å². The van der Waals surface area contributed by atoms with Crippen molar-refractivity contribution in [3.05, 3.63) is 29.3 Å². The highest BCUT2D eigenvalue weighted by Crippen LogP contribution is 2.31. The first kappa shape index (κ1) is 17.3. The average molecular weight is 304 g/mol. The first-order valence-electron chi connectivity index (χ1n) is 6.55. The number of nitrogens with zero attached hydrogens (tertiary/aromatic N) is 1. The van der Waals surface area contributed by atoms with Crippen molar-refractivity contribution in [2.75, 3.05) is 32.5 Å². The van der Waals surface area contributed by atoms with Crippen LogP contribution >= 0.6 is 0 Å². The zero-order chi connectivity index (χ0) is 16.0. The van der Waals surface area contributed by atoms with Gasteiger partial charge in [0.1, 0.15) is 0 Å². The van der Waals surface area contributed by atoms with Gasteiger partial charge in [0, 0.05) is 12.2 Å². The highest BCUT2D eigenvalue weighted by molar-refractivity contribution is 5.94. The van der Waals surface area contributed by atoms with E-state index in [1.807, 2.05) is 19.0 Å². The van der Waals surface area contributed by atoms with Gasteiger partial charge < -0.3 is 15.3 Å². The Labute approximate surface area is 121 Å². The van der Waals surface area contributed by atoms with Crippen LogP contribution in [-0.2, 0) is 6.18 Å². The molecule has 0 aliphatic rings. The molecule has 1 aromatic rings. The fourth-order valence-electron chi connectivity index (χ4n) is 1.83. The lowest BCUT2D eigenvalue weighted by atomic mass is 10.1. The second-order valence-corrected chi connectivity index (χ2v) is 5.00. The van der Waals surface area contributed by atoms with Crippen LogP contribution in [0.4, 0.5) is 18.9 Å². The number of carboxylic acids is 1. The second-order valence-electron chi connectivity index (χ2n) is 5.00. The number of hydrogen-bond donors (Lipinski definition) is 2. The summed E-state index contributed by atoms with van der Waals surface area (Å²) in [7, 11) is 3.90. The summed E-state index contributed by atoms with van der Waals surface area (Å²) in [4.78, 5) is 13.1. The maximum atomic E-state index is 12.6. The minimum absolute atomic E-state index is 0.209. The molecule has 0 bridgehead atoms. The van der Waals surface area contributed by atoms with E-state index in [0.29, 0.717) is 12.6 Å². The Morgan fingerprint density at radius 3 is 2.48 bits per heavy atom. The molecule has 0 aliphatic carbocycles. The Hall–Kier alpha value is -1.76. The van der Waals surface area contributed by atoms with E-state index in [-0.39, 0.29) is 11.3 Å². The topological polar surface area (TPSA) is 52.6 Å². The van der Waals surface area contributed by atoms with E-state index in [9.17, 15) is 18.0 Å². The maximum Gasteiger partial charge on any atom is 0.416 e. The third-order valence-corrected chi connectivity index (χ3v) is 2.92. The monoisotopic (exact) mass is 304 g/mol. The number of carboxylic acid groups (broad SMARTS) is 1. The number of rotatable bonds is 7. The van der Waals surface area contributed by atoms with Gasteiger partial charge in [0.05, 0.1) is 11.1 Å². The Kier molecular flexibility index (Phi) is 6.02. The smallest absolute Gasteiger partial charge is 0.416 e. The van der Waals surface area contributed by atoms with Gasteiger partial charge in [-0.1, -0.05) is 0 Å². The Morgan fingerprint density at radius 1 is 1.29 bits per heavy atom. The minimum Gasteiger partial charge on any atom is -0.478 e. The summed E-state index contributed by atoms with van der Waals surface area (Å²) in [5.74, 6) is -1.38. The van der Waals surface area contributed by atoms with Crippen LogP contribution in [0.15, 0.2) is 18.2 Å². The van der Waals surface area contributed by atoms with E-state index in [1.165, 1.54) is 0 Å². The van der Waals surface area contributed by atoms with Crippen molar-refractivity contribution in [2.24, 2.45) is 0 Å². The second kappa shape index (κ2) is 7.31. The first-order valence-corrected chi connectivity index (χ1v) is 6.55. The molecule has 0 saturated carbocycles. The molecule has 0 atom stereocenters. The van der Waals surface area contributed by atoms with Crippen LogP contribution in [0.2, 0.25) is 0 Å². The quantitative estimate of drug-likeness (QED) is 0.760. The van der Waals surface area contributed by atoms with Crippen molar-refractivity contribution in [1.29, 1.82) is 0 Å². The van der Waals surface area contributed by atoms with Crippen LogP contribution in [0.5, 0.6) is 0 Å². The third kappa shape index (κ3) is 5.63. The molecule has 0 spiro atoms. The summed E-state index contributed by atoms with van der Waals surface area (Å²) < 4.78 is 37.7. The Balaban J connectivity index is 2.72. The Bertz CT molecular complexity index is 488. The van der Waals surface area contributed by atoms with Gasteiger partial charge in [0.2, 0.25) is 0 Å². The van der Waals surface area contributed by atoms with Crippen LogP contribution in [-0.4, -0.2) is 43.2 Å². The molecule has 0 fully saturated rings. The van der Waals surface area contributed by atoms with Gasteiger partial charge in [0.25, 0.3) is 0 Å². The standard InChI is InChI=1S/C14H19F3N2O2/c1-19(2)8-4-3-7-18-12-6-5-10(14(15,16)17)9-11(12)13(20)21/h5-6,9,18H,3-4,7-8H2,1-2H3,(H,20,21). The molecule has 118 valence electrons. The summed E-state index contributed by atoms with van der Waals surface area (Å²) in [6.07, 6.45) is -2.82. The average Bonchev–Trinajstić information content (AvgIpc) is 2.36. The molecule has 1 aromatic carbocycles. The molecule has 21 heavy (non-hydrogen) atoms. The molecule has 0 aromatic heterocycles. The molecule has 0 amide bonds. The molecule has 0 unspecified atom stereocenters. The number of alkyl halides is 3. The van der Waals surface area contributed by atoms with E-state index in [2.05, 4.69) is 5.32 Å². The minimum atomic E-state index is -4.55. The molecule has 0 aliphatic heterocycles. The van der Waals surface area contributed by atoms with Crippen molar-refractivity contribution in [2.45, 2.75) is 19.0 Å². The van der Waals surface area contributed by atoms with Crippen molar-refractivity contribution in [1.82, 2.24) is 4.90 Å². The number of halogens is 3. The zero-order valence-corrected chi connectivity index (χ0v) is 12.0. The molecule has 2 N–H and O–H groups in total. The van der Waals surface area contributed by atoms with E-state index >= 15 is 0 Å². The molecule has 0 saturated heterocycles. The van der Waals surface area contributed by atoms with Crippen LogP contribution in [0.1, 0.15) is 28.8 Å². The summed E-state index contributed by atoms with van der Waals surface area (Å²) in [6.45, 7) is 1.42. The summed E-state index contributed by atoms with van der Waals surface area (Å²) in [5, 5.41) is 11.9. The lowest BCUT2D eigenvalue weighted by Crippen LogP contribution is -2.15. The summed E-state index contributed by atoms with van der Waals surface area (Å²) >= 11 is 0. The van der Waals surface area contributed by atoms with Gasteiger partial charge in [-0.25, -0.2) is 4.79 Å². The lowest BCUT2D eigenvalue weighted by molar-refractivity contribution is -0.137. The van der Waals surface area contributed by atoms with E-state index in [1.54, 1.807) is 0 Å². The number of aromatic carboxylic acids is 1. The van der Waals surface area contributed by atoms with Crippen LogP contribution < -0.4 is 5.32 Å². The molecule has 4 nitrogen and oxygen atoms in total. The number of nitrogens with one attached hydrogen (secondary N) is 1. The molecule has 0 heterocycles. The van der Waals surface area contributed by atoms with E-state index in [4.69, 9.17) is 5.11 Å². The van der Waals surface area contributed by atoms with E-state index < -0.39 is 17.7 Å². The zero-order valence-electron chi connectivity index (χ0n) is 12.0. The van der Waals surface area contributed by atoms with Gasteiger partial charge in [-0.3, -0.25) is 0 Å². The Morgan fingerprint density at radius 2 is 1.95 bits per heavy atom. The predicted molar refractivity (Wildman–Crippen MR) is 74.7 cm³/mol. The van der Waals surface area contributed by atoms with Gasteiger partial charge in [0.15, 0.2) is 0 Å². The maximum absolute atomic E-state index is 12.6. The highest BCUT2D eigenvalue weighted by Gasteiger charge is 2.31. The van der Waals surface area contributed by atoms with Gasteiger partial charge >= 0.3 is 12.1 Å². The normalized spacial score (nSPS) is 11.7. The number of anilines is 1. The SMILES string of the molecule is CN(C)CCCCNc1ccc(C(F)(F)F)cc1C(=O)O. The first-order chi connectivity index (χ1) is 9.71. The lowest BCUT2D eigenvalue weighted by Gasteiger charge is -2.13. The fourth-order valence-corrected chi connectivity index (χ4v) is 1.83. The number of unbranched alkanes of at least 4 members (excludes halogenated alkanes) is 1. The van der Waals surface area contributed by atoms with Gasteiger partial charge in [-0.15, -0.1) is 0 Å². The molecular formula is C14H19F3N2O2. The number of benzene rings is 1. The third-order valence-electron chi connectivity index (χ3n) is 2.92. The van der Waals surface area contributed by atoms with Crippen LogP contribution in [0.25, 0.3) is 0 Å². The molecule has 0 radical (unpaired) electrons.